The Labute approximate surface area is 107 Å². The van der Waals surface area contributed by atoms with Crippen molar-refractivity contribution in [1.29, 1.82) is 0 Å². The van der Waals surface area contributed by atoms with Gasteiger partial charge in [-0.25, -0.2) is 4.79 Å². The van der Waals surface area contributed by atoms with Crippen LogP contribution in [0, 0.1) is 0 Å². The monoisotopic (exact) mass is 261 g/mol. The average Bonchev–Trinajstić information content (AvgIpc) is 2.77. The maximum Gasteiger partial charge on any atom is 0.328 e. The number of hydrogen-bond acceptors (Lipinski definition) is 3. The van der Waals surface area contributed by atoms with Crippen molar-refractivity contribution < 1.29 is 9.90 Å². The highest BCUT2D eigenvalue weighted by Crippen LogP contribution is 2.18. The molecule has 0 bridgehead atoms. The van der Waals surface area contributed by atoms with Gasteiger partial charge < -0.3 is 9.67 Å². The number of rotatable bonds is 4. The first kappa shape index (κ1) is 12.3. The molecule has 92 valence electrons. The lowest BCUT2D eigenvalue weighted by Crippen LogP contribution is -2.17. The predicted molar refractivity (Wildman–Crippen MR) is 70.8 cm³/mol. The van der Waals surface area contributed by atoms with E-state index in [0.717, 1.165) is 15.8 Å². The molecule has 0 aromatic carbocycles. The summed E-state index contributed by atoms with van der Waals surface area (Å²) in [5, 5.41) is 8.53. The van der Waals surface area contributed by atoms with Gasteiger partial charge in [-0.3, -0.25) is 4.79 Å². The molecule has 2 rings (SSSR count). The van der Waals surface area contributed by atoms with Crippen molar-refractivity contribution in [1.82, 2.24) is 4.57 Å². The van der Waals surface area contributed by atoms with Crippen LogP contribution in [0.15, 0.2) is 47.4 Å². The topological polar surface area (TPSA) is 59.3 Å². The standard InChI is InChI=1S/C13H11NO3S/c15-12-3-1-2-8-14(12)9-11-5-4-10(18-11)6-7-13(16)17/h1-8H,9H2,(H,16,17). The molecule has 2 aromatic rings. The second-order valence-corrected chi connectivity index (χ2v) is 4.84. The number of pyridine rings is 1. The normalized spacial score (nSPS) is 10.9. The van der Waals surface area contributed by atoms with Gasteiger partial charge in [0.05, 0.1) is 6.54 Å². The molecule has 2 heterocycles. The molecule has 4 nitrogen and oxygen atoms in total. The van der Waals surface area contributed by atoms with Crippen LogP contribution in [0.5, 0.6) is 0 Å². The first-order chi connectivity index (χ1) is 8.65. The number of thiophene rings is 1. The number of carboxylic acids is 1. The lowest BCUT2D eigenvalue weighted by molar-refractivity contribution is -0.131. The van der Waals surface area contributed by atoms with Crippen molar-refractivity contribution in [3.8, 4) is 0 Å². The highest BCUT2D eigenvalue weighted by Gasteiger charge is 2.00. The molecular formula is C13H11NO3S. The number of aromatic nitrogens is 1. The molecule has 0 aliphatic rings. The second-order valence-electron chi connectivity index (χ2n) is 3.64. The van der Waals surface area contributed by atoms with Crippen LogP contribution >= 0.6 is 11.3 Å². The molecule has 0 aliphatic carbocycles. The molecule has 0 saturated heterocycles. The maximum absolute atomic E-state index is 11.5. The molecule has 0 fully saturated rings. The fourth-order valence-electron chi connectivity index (χ4n) is 1.48. The highest BCUT2D eigenvalue weighted by molar-refractivity contribution is 7.12. The summed E-state index contributed by atoms with van der Waals surface area (Å²) in [4.78, 5) is 23.8. The molecule has 2 aromatic heterocycles. The van der Waals surface area contributed by atoms with E-state index in [1.165, 1.54) is 17.4 Å². The van der Waals surface area contributed by atoms with Crippen molar-refractivity contribution in [2.75, 3.05) is 0 Å². The number of carbonyl (C=O) groups is 1. The molecule has 0 radical (unpaired) electrons. The van der Waals surface area contributed by atoms with Gasteiger partial charge in [0.2, 0.25) is 0 Å². The number of carboxylic acid groups (broad SMARTS) is 1. The van der Waals surface area contributed by atoms with Gasteiger partial charge in [0.25, 0.3) is 5.56 Å². The minimum atomic E-state index is -0.968. The Morgan fingerprint density at radius 1 is 1.33 bits per heavy atom. The average molecular weight is 261 g/mol. The van der Waals surface area contributed by atoms with E-state index in [-0.39, 0.29) is 5.56 Å². The van der Waals surface area contributed by atoms with Crippen LogP contribution in [-0.2, 0) is 11.3 Å². The van der Waals surface area contributed by atoms with Crippen molar-refractivity contribution >= 4 is 23.4 Å². The van der Waals surface area contributed by atoms with Gasteiger partial charge in [-0.05, 0) is 24.3 Å². The molecule has 0 atom stereocenters. The third-order valence-electron chi connectivity index (χ3n) is 2.30. The van der Waals surface area contributed by atoms with Crippen molar-refractivity contribution in [2.24, 2.45) is 0 Å². The lowest BCUT2D eigenvalue weighted by Gasteiger charge is -2.01. The van der Waals surface area contributed by atoms with E-state index in [0.29, 0.717) is 6.54 Å². The zero-order valence-corrected chi connectivity index (χ0v) is 10.3. The van der Waals surface area contributed by atoms with Crippen LogP contribution in [-0.4, -0.2) is 15.6 Å². The van der Waals surface area contributed by atoms with E-state index in [2.05, 4.69) is 0 Å². The summed E-state index contributed by atoms with van der Waals surface area (Å²) in [6.07, 6.45) is 4.38. The molecule has 0 aliphatic heterocycles. The van der Waals surface area contributed by atoms with E-state index in [4.69, 9.17) is 5.11 Å². The van der Waals surface area contributed by atoms with E-state index in [1.54, 1.807) is 29.0 Å². The molecule has 0 saturated carbocycles. The van der Waals surface area contributed by atoms with Gasteiger partial charge >= 0.3 is 5.97 Å². The zero-order valence-electron chi connectivity index (χ0n) is 9.45. The third kappa shape index (κ3) is 3.18. The summed E-state index contributed by atoms with van der Waals surface area (Å²) >= 11 is 1.47. The maximum atomic E-state index is 11.5. The van der Waals surface area contributed by atoms with Gasteiger partial charge in [0, 0.05) is 28.1 Å². The van der Waals surface area contributed by atoms with Gasteiger partial charge in [-0.15, -0.1) is 11.3 Å². The fourth-order valence-corrected chi connectivity index (χ4v) is 2.40. The van der Waals surface area contributed by atoms with Gasteiger partial charge in [-0.1, -0.05) is 6.07 Å². The first-order valence-electron chi connectivity index (χ1n) is 5.30. The van der Waals surface area contributed by atoms with Crippen LogP contribution in [0.1, 0.15) is 9.75 Å². The Balaban J connectivity index is 2.14. The molecule has 5 heteroatoms. The van der Waals surface area contributed by atoms with E-state index in [9.17, 15) is 9.59 Å². The molecule has 0 amide bonds. The Morgan fingerprint density at radius 3 is 2.89 bits per heavy atom. The van der Waals surface area contributed by atoms with Crippen molar-refractivity contribution in [3.63, 3.8) is 0 Å². The van der Waals surface area contributed by atoms with Crippen LogP contribution in [0.3, 0.4) is 0 Å². The Hall–Kier alpha value is -2.14. The summed E-state index contributed by atoms with van der Waals surface area (Å²) < 4.78 is 1.61. The van der Waals surface area contributed by atoms with Gasteiger partial charge in [0.15, 0.2) is 0 Å². The first-order valence-corrected chi connectivity index (χ1v) is 6.12. The smallest absolute Gasteiger partial charge is 0.328 e. The van der Waals surface area contributed by atoms with Crippen LogP contribution in [0.25, 0.3) is 6.08 Å². The predicted octanol–water partition coefficient (Wildman–Crippen LogP) is 2.06. The third-order valence-corrected chi connectivity index (χ3v) is 3.33. The van der Waals surface area contributed by atoms with Gasteiger partial charge in [0.1, 0.15) is 0 Å². The quantitative estimate of drug-likeness (QED) is 0.857. The van der Waals surface area contributed by atoms with Crippen molar-refractivity contribution in [2.45, 2.75) is 6.54 Å². The fraction of sp³-hybridized carbons (Fsp3) is 0.0769. The second kappa shape index (κ2) is 5.46. The summed E-state index contributed by atoms with van der Waals surface area (Å²) in [6.45, 7) is 0.505. The largest absolute Gasteiger partial charge is 0.478 e. The molecule has 0 spiro atoms. The molecule has 1 N–H and O–H groups in total. The number of hydrogen-bond donors (Lipinski definition) is 1. The SMILES string of the molecule is O=C(O)C=Cc1ccc(Cn2ccccc2=O)s1. The van der Waals surface area contributed by atoms with E-state index >= 15 is 0 Å². The number of aliphatic carboxylic acids is 1. The summed E-state index contributed by atoms with van der Waals surface area (Å²) in [5.41, 5.74) is -0.0477. The highest BCUT2D eigenvalue weighted by atomic mass is 32.1. The van der Waals surface area contributed by atoms with E-state index < -0.39 is 5.97 Å². The summed E-state index contributed by atoms with van der Waals surface area (Å²) in [7, 11) is 0. The Bertz CT molecular complexity index is 639. The van der Waals surface area contributed by atoms with E-state index in [1.807, 2.05) is 12.1 Å². The Kier molecular flexibility index (Phi) is 3.74. The Morgan fingerprint density at radius 2 is 2.17 bits per heavy atom. The summed E-state index contributed by atoms with van der Waals surface area (Å²) in [6, 6.07) is 8.76. The molecular weight excluding hydrogens is 250 g/mol. The zero-order chi connectivity index (χ0) is 13.0. The van der Waals surface area contributed by atoms with Crippen LogP contribution in [0.2, 0.25) is 0 Å². The summed E-state index contributed by atoms with van der Waals surface area (Å²) in [5.74, 6) is -0.968. The molecule has 18 heavy (non-hydrogen) atoms. The van der Waals surface area contributed by atoms with Crippen LogP contribution < -0.4 is 5.56 Å². The number of nitrogens with zero attached hydrogens (tertiary/aromatic N) is 1. The van der Waals surface area contributed by atoms with Crippen LogP contribution in [0.4, 0.5) is 0 Å². The molecule has 0 unspecified atom stereocenters. The minimum Gasteiger partial charge on any atom is -0.478 e. The lowest BCUT2D eigenvalue weighted by atomic mass is 10.4. The van der Waals surface area contributed by atoms with Gasteiger partial charge in [-0.2, -0.15) is 0 Å². The minimum absolute atomic E-state index is 0.0477. The van der Waals surface area contributed by atoms with Crippen molar-refractivity contribution in [3.05, 3.63) is 62.7 Å².